The minimum atomic E-state index is -4.85. The first-order valence-corrected chi connectivity index (χ1v) is 15.7. The molecule has 0 heterocycles. The number of anilines is 2. The van der Waals surface area contributed by atoms with Gasteiger partial charge in [0.05, 0.1) is 11.7 Å². The minimum Gasteiger partial charge on any atom is -0.507 e. The maximum atomic E-state index is 14.1. The molecule has 0 aliphatic heterocycles. The van der Waals surface area contributed by atoms with E-state index in [2.05, 4.69) is 15.4 Å². The third kappa shape index (κ3) is 6.15. The van der Waals surface area contributed by atoms with Crippen LogP contribution < -0.4 is 21.1 Å². The normalized spacial score (nSPS) is 25.8. The van der Waals surface area contributed by atoms with Gasteiger partial charge in [-0.3, -0.25) is 14.4 Å². The summed E-state index contributed by atoms with van der Waals surface area (Å²) in [5, 5.41) is 50.3. The summed E-state index contributed by atoms with van der Waals surface area (Å²) in [6.45, 7) is 0. The van der Waals surface area contributed by atoms with Crippen molar-refractivity contribution < 1.29 is 57.5 Å². The molecule has 0 saturated heterocycles. The Morgan fingerprint density at radius 2 is 1.55 bits per heavy atom. The van der Waals surface area contributed by atoms with E-state index in [1.165, 1.54) is 23.1 Å². The Hall–Kier alpha value is -5.45. The Balaban J connectivity index is 1.27. The third-order valence-corrected chi connectivity index (χ3v) is 9.77. The smallest absolute Gasteiger partial charge is 0.507 e. The number of nitrogens with zero attached hydrogens (tertiary/aromatic N) is 1. The number of ketones is 2. The molecule has 2 saturated carbocycles. The first kappa shape index (κ1) is 35.4. The van der Waals surface area contributed by atoms with Crippen LogP contribution in [0.4, 0.5) is 29.3 Å². The number of Topliss-reactive ketones (excluding diaryl/α,β-unsaturated/α-hetero) is 2. The molecule has 13 nitrogen and oxygen atoms in total. The number of alkyl halides is 3. The molecule has 268 valence electrons. The number of primary amides is 1. The average molecular weight is 711 g/mol. The summed E-state index contributed by atoms with van der Waals surface area (Å²) in [5.74, 6) is -8.77. The lowest BCUT2D eigenvalue weighted by molar-refractivity contribution is -0.274. The first-order valence-electron chi connectivity index (χ1n) is 15.7. The summed E-state index contributed by atoms with van der Waals surface area (Å²) < 4.78 is 41.0. The standard InChI is InChI=1S/C35H33F3N4O9/c1-42(2)27-22-14-16-13-21-20(15-3-5-17(6-4-15)40-33(49)41-18-7-9-19(10-8-18)51-35(36,37)38)11-12-23(43)25(21)28(44)24(16)30(46)34(22,50)31(47)26(29(27)45)32(39)48/h3-12,16,22,26-27,29,43-45,50H,13-14H2,1-2H3,(H2,39,48)(H2,40,41,49)/t16-,22-,26?,27-,29?,34-/m1/s1. The number of carbonyl (C=O) groups is 4. The number of carbonyl (C=O) groups excluding carboxylic acids is 4. The predicted molar refractivity (Wildman–Crippen MR) is 175 cm³/mol. The number of amides is 3. The van der Waals surface area contributed by atoms with Gasteiger partial charge in [-0.15, -0.1) is 13.2 Å². The van der Waals surface area contributed by atoms with E-state index in [0.29, 0.717) is 22.4 Å². The molecule has 0 spiro atoms. The molecule has 3 aromatic carbocycles. The van der Waals surface area contributed by atoms with E-state index in [1.54, 1.807) is 44.4 Å². The molecule has 3 aromatic rings. The molecule has 2 fully saturated rings. The van der Waals surface area contributed by atoms with Crippen molar-refractivity contribution in [3.8, 4) is 22.6 Å². The third-order valence-electron chi connectivity index (χ3n) is 9.77. The van der Waals surface area contributed by atoms with Gasteiger partial charge in [-0.25, -0.2) is 4.79 Å². The van der Waals surface area contributed by atoms with Crippen molar-refractivity contribution in [2.75, 3.05) is 24.7 Å². The zero-order valence-electron chi connectivity index (χ0n) is 27.1. The number of nitrogens with two attached hydrogens (primary N) is 1. The van der Waals surface area contributed by atoms with Crippen LogP contribution in [0.1, 0.15) is 17.5 Å². The molecule has 0 bridgehead atoms. The number of aromatic hydroxyl groups is 1. The number of rotatable bonds is 6. The van der Waals surface area contributed by atoms with Crippen molar-refractivity contribution in [1.82, 2.24) is 4.90 Å². The summed E-state index contributed by atoms with van der Waals surface area (Å²) in [7, 11) is 3.14. The second-order valence-corrected chi connectivity index (χ2v) is 13.0. The molecule has 3 aliphatic rings. The summed E-state index contributed by atoms with van der Waals surface area (Å²) in [5.41, 5.74) is 4.52. The van der Waals surface area contributed by atoms with Gasteiger partial charge in [0.25, 0.3) is 0 Å². The highest BCUT2D eigenvalue weighted by atomic mass is 19.4. The van der Waals surface area contributed by atoms with Crippen LogP contribution in [0.2, 0.25) is 0 Å². The molecule has 3 amide bonds. The number of hydrogen-bond acceptors (Lipinski definition) is 10. The first-order chi connectivity index (χ1) is 23.9. The van der Waals surface area contributed by atoms with Gasteiger partial charge in [0.15, 0.2) is 11.4 Å². The summed E-state index contributed by atoms with van der Waals surface area (Å²) in [4.78, 5) is 53.9. The molecule has 8 N–H and O–H groups in total. The van der Waals surface area contributed by atoms with Gasteiger partial charge in [0, 0.05) is 28.9 Å². The van der Waals surface area contributed by atoms with Gasteiger partial charge >= 0.3 is 12.4 Å². The van der Waals surface area contributed by atoms with Gasteiger partial charge in [-0.05, 0) is 92.0 Å². The van der Waals surface area contributed by atoms with Crippen molar-refractivity contribution >= 4 is 40.6 Å². The number of ether oxygens (including phenoxy) is 1. The second kappa shape index (κ2) is 12.7. The highest BCUT2D eigenvalue weighted by molar-refractivity contribution is 6.25. The van der Waals surface area contributed by atoms with Crippen LogP contribution in [-0.4, -0.2) is 87.0 Å². The van der Waals surface area contributed by atoms with E-state index in [4.69, 9.17) is 5.73 Å². The number of urea groups is 1. The number of likely N-dealkylation sites (N-methyl/N-ethyl adjacent to an activating group) is 1. The number of phenolic OH excluding ortho intramolecular Hbond substituents is 1. The fourth-order valence-corrected chi connectivity index (χ4v) is 7.64. The molecule has 6 atom stereocenters. The maximum absolute atomic E-state index is 14.1. The Labute approximate surface area is 288 Å². The molecule has 6 rings (SSSR count). The number of benzene rings is 3. The Kier molecular flexibility index (Phi) is 8.81. The average Bonchev–Trinajstić information content (AvgIpc) is 3.03. The van der Waals surface area contributed by atoms with E-state index in [0.717, 1.165) is 12.1 Å². The SMILES string of the molecule is CN(C)[C@H]1C(O)C(C(N)=O)C(=O)[C@]2(O)C(=O)C3=C(O)c4c(O)ccc(-c5ccc(NC(=O)Nc6ccc(OC(F)(F)F)cc6)cc5)c4C[C@@H]3C[C@H]12. The number of hydrogen-bond donors (Lipinski definition) is 7. The number of halogens is 3. The molecule has 2 unspecified atom stereocenters. The molecule has 16 heteroatoms. The molecule has 51 heavy (non-hydrogen) atoms. The summed E-state index contributed by atoms with van der Waals surface area (Å²) >= 11 is 0. The van der Waals surface area contributed by atoms with Crippen molar-refractivity contribution in [3.05, 3.63) is 77.4 Å². The van der Waals surface area contributed by atoms with Crippen molar-refractivity contribution in [1.29, 1.82) is 0 Å². The van der Waals surface area contributed by atoms with Gasteiger partial charge in [0.1, 0.15) is 23.2 Å². The van der Waals surface area contributed by atoms with Gasteiger partial charge in [0.2, 0.25) is 11.7 Å². The number of fused-ring (bicyclic) bond motifs is 3. The Bertz CT molecular complexity index is 1960. The minimum absolute atomic E-state index is 0.0383. The molecule has 3 aliphatic carbocycles. The highest BCUT2D eigenvalue weighted by Gasteiger charge is 2.67. The van der Waals surface area contributed by atoms with E-state index in [-0.39, 0.29) is 35.4 Å². The quantitative estimate of drug-likeness (QED) is 0.186. The lowest BCUT2D eigenvalue weighted by Crippen LogP contribution is -2.73. The van der Waals surface area contributed by atoms with Gasteiger partial charge in [-0.2, -0.15) is 0 Å². The van der Waals surface area contributed by atoms with Crippen LogP contribution >= 0.6 is 0 Å². The number of nitrogens with one attached hydrogen (secondary N) is 2. The topological polar surface area (TPSA) is 212 Å². The fourth-order valence-electron chi connectivity index (χ4n) is 7.64. The van der Waals surface area contributed by atoms with Gasteiger partial charge < -0.3 is 46.4 Å². The van der Waals surface area contributed by atoms with Crippen molar-refractivity contribution in [2.45, 2.75) is 37.0 Å². The largest absolute Gasteiger partial charge is 0.573 e. The monoisotopic (exact) mass is 710 g/mol. The number of aliphatic hydroxyl groups is 3. The zero-order chi connectivity index (χ0) is 37.2. The predicted octanol–water partition coefficient (Wildman–Crippen LogP) is 3.34. The maximum Gasteiger partial charge on any atom is 0.573 e. The summed E-state index contributed by atoms with van der Waals surface area (Å²) in [6.07, 6.45) is -6.40. The molecular formula is C35H33F3N4O9. The fraction of sp³-hybridized carbons (Fsp3) is 0.314. The molecular weight excluding hydrogens is 677 g/mol. The lowest BCUT2D eigenvalue weighted by Gasteiger charge is -2.53. The van der Waals surface area contributed by atoms with Crippen LogP contribution in [-0.2, 0) is 20.8 Å². The Morgan fingerprint density at radius 1 is 0.961 bits per heavy atom. The summed E-state index contributed by atoms with van der Waals surface area (Å²) in [6, 6.07) is 12.3. The number of aliphatic hydroxyl groups excluding tert-OH is 2. The Morgan fingerprint density at radius 3 is 2.10 bits per heavy atom. The van der Waals surface area contributed by atoms with Crippen LogP contribution in [0, 0.1) is 17.8 Å². The van der Waals surface area contributed by atoms with Crippen LogP contribution in [0.5, 0.6) is 11.5 Å². The zero-order valence-corrected chi connectivity index (χ0v) is 27.1. The van der Waals surface area contributed by atoms with Crippen LogP contribution in [0.15, 0.2) is 66.2 Å². The van der Waals surface area contributed by atoms with E-state index in [9.17, 15) is 52.8 Å². The molecule has 0 aromatic heterocycles. The van der Waals surface area contributed by atoms with E-state index in [1.807, 2.05) is 0 Å². The van der Waals surface area contributed by atoms with E-state index < -0.39 is 76.9 Å². The lowest BCUT2D eigenvalue weighted by atomic mass is 9.54. The number of phenols is 1. The molecule has 0 radical (unpaired) electrons. The van der Waals surface area contributed by atoms with Crippen LogP contribution in [0.3, 0.4) is 0 Å². The van der Waals surface area contributed by atoms with Crippen LogP contribution in [0.25, 0.3) is 16.9 Å². The van der Waals surface area contributed by atoms with Gasteiger partial charge in [-0.1, -0.05) is 18.2 Å². The highest BCUT2D eigenvalue weighted by Crippen LogP contribution is 2.53. The van der Waals surface area contributed by atoms with Crippen molar-refractivity contribution in [2.24, 2.45) is 23.5 Å². The van der Waals surface area contributed by atoms with E-state index >= 15 is 0 Å². The van der Waals surface area contributed by atoms with Crippen molar-refractivity contribution in [3.63, 3.8) is 0 Å². The second-order valence-electron chi connectivity index (χ2n) is 13.0.